The zero-order valence-corrected chi connectivity index (χ0v) is 17.7. The minimum Gasteiger partial charge on any atom is -0.381 e. The van der Waals surface area contributed by atoms with Crippen LogP contribution in [0, 0.1) is 5.92 Å². The van der Waals surface area contributed by atoms with Crippen molar-refractivity contribution in [2.45, 2.75) is 51.0 Å². The zero-order chi connectivity index (χ0) is 19.1. The first-order valence-corrected chi connectivity index (χ1v) is 11.3. The topological polar surface area (TPSA) is 47.4 Å². The largest absolute Gasteiger partial charge is 0.381 e. The fraction of sp³-hybridized carbons (Fsp3) is 0.545. The highest BCUT2D eigenvalue weighted by Gasteiger charge is 2.38. The third-order valence-corrected chi connectivity index (χ3v) is 7.00. The molecule has 2 atom stereocenters. The van der Waals surface area contributed by atoms with E-state index in [4.69, 9.17) is 9.84 Å². The van der Waals surface area contributed by atoms with Gasteiger partial charge in [-0.25, -0.2) is 4.68 Å². The van der Waals surface area contributed by atoms with Gasteiger partial charge in [-0.3, -0.25) is 4.79 Å². The summed E-state index contributed by atoms with van der Waals surface area (Å²) < 4.78 is 8.71. The number of rotatable bonds is 2. The molecule has 2 fully saturated rings. The molecule has 28 heavy (non-hydrogen) atoms. The lowest BCUT2D eigenvalue weighted by molar-refractivity contribution is -0.0273. The Balaban J connectivity index is 1.53. The fourth-order valence-electron chi connectivity index (χ4n) is 5.14. The Morgan fingerprint density at radius 2 is 2.07 bits per heavy atom. The van der Waals surface area contributed by atoms with Crippen LogP contribution in [0.3, 0.4) is 0 Å². The van der Waals surface area contributed by atoms with Crippen LogP contribution in [0.25, 0.3) is 5.69 Å². The van der Waals surface area contributed by atoms with Crippen LogP contribution in [-0.4, -0.2) is 46.4 Å². The van der Waals surface area contributed by atoms with Gasteiger partial charge >= 0.3 is 0 Å². The number of carbonyl (C=O) groups is 1. The van der Waals surface area contributed by atoms with E-state index >= 15 is 0 Å². The van der Waals surface area contributed by atoms with Crippen LogP contribution in [-0.2, 0) is 17.6 Å². The predicted molar refractivity (Wildman–Crippen MR) is 111 cm³/mol. The smallest absolute Gasteiger partial charge is 0.274 e. The maximum Gasteiger partial charge on any atom is 0.274 e. The van der Waals surface area contributed by atoms with Crippen molar-refractivity contribution in [3.8, 4) is 5.69 Å². The molecule has 1 aromatic heterocycles. The van der Waals surface area contributed by atoms with E-state index in [1.165, 1.54) is 17.7 Å². The maximum absolute atomic E-state index is 13.6. The van der Waals surface area contributed by atoms with Gasteiger partial charge in [0.1, 0.15) is 0 Å². The lowest BCUT2D eigenvalue weighted by atomic mass is 9.86. The average molecular weight is 444 g/mol. The van der Waals surface area contributed by atoms with Crippen molar-refractivity contribution in [3.05, 3.63) is 45.7 Å². The van der Waals surface area contributed by atoms with Gasteiger partial charge in [-0.05, 0) is 63.1 Å². The van der Waals surface area contributed by atoms with Crippen LogP contribution in [0.4, 0.5) is 0 Å². The van der Waals surface area contributed by atoms with Crippen LogP contribution in [0.15, 0.2) is 28.7 Å². The Labute approximate surface area is 174 Å². The van der Waals surface area contributed by atoms with Crippen molar-refractivity contribution < 1.29 is 9.53 Å². The first-order valence-electron chi connectivity index (χ1n) is 10.5. The summed E-state index contributed by atoms with van der Waals surface area (Å²) in [6.07, 6.45) is 7.41. The number of ether oxygens (including phenoxy) is 1. The second-order valence-corrected chi connectivity index (χ2v) is 9.12. The number of aromatic nitrogens is 2. The fourth-order valence-corrected chi connectivity index (χ4v) is 5.53. The number of carbonyl (C=O) groups excluding carboxylic acids is 1. The molecule has 0 spiro atoms. The highest BCUT2D eigenvalue weighted by Crippen LogP contribution is 2.33. The van der Waals surface area contributed by atoms with Crippen molar-refractivity contribution in [2.75, 3.05) is 19.8 Å². The molecule has 5 rings (SSSR count). The van der Waals surface area contributed by atoms with Crippen molar-refractivity contribution in [2.24, 2.45) is 5.92 Å². The van der Waals surface area contributed by atoms with Gasteiger partial charge in [0, 0.05) is 40.8 Å². The molecule has 148 valence electrons. The molecule has 6 heteroatoms. The van der Waals surface area contributed by atoms with Gasteiger partial charge in [-0.2, -0.15) is 5.10 Å². The molecule has 3 aliphatic rings. The van der Waals surface area contributed by atoms with E-state index in [2.05, 4.69) is 33.0 Å². The van der Waals surface area contributed by atoms with Gasteiger partial charge in [-0.1, -0.05) is 22.0 Å². The van der Waals surface area contributed by atoms with Gasteiger partial charge < -0.3 is 9.64 Å². The van der Waals surface area contributed by atoms with Gasteiger partial charge in [0.15, 0.2) is 5.69 Å². The van der Waals surface area contributed by atoms with E-state index in [9.17, 15) is 4.79 Å². The Morgan fingerprint density at radius 1 is 1.18 bits per heavy atom. The Bertz CT molecular complexity index is 892. The molecule has 3 heterocycles. The summed E-state index contributed by atoms with van der Waals surface area (Å²) in [5.74, 6) is 0.609. The van der Waals surface area contributed by atoms with Gasteiger partial charge in [0.25, 0.3) is 5.91 Å². The van der Waals surface area contributed by atoms with Crippen LogP contribution < -0.4 is 0 Å². The lowest BCUT2D eigenvalue weighted by Gasteiger charge is -2.43. The Morgan fingerprint density at radius 3 is 2.96 bits per heavy atom. The number of fused-ring (bicyclic) bond motifs is 2. The third-order valence-electron chi connectivity index (χ3n) is 6.50. The zero-order valence-electron chi connectivity index (χ0n) is 16.1. The Kier molecular flexibility index (Phi) is 5.01. The van der Waals surface area contributed by atoms with Crippen molar-refractivity contribution >= 4 is 21.8 Å². The number of likely N-dealkylation sites (tertiary alicyclic amines) is 1. The van der Waals surface area contributed by atoms with Crippen LogP contribution in [0.5, 0.6) is 0 Å². The van der Waals surface area contributed by atoms with E-state index < -0.39 is 0 Å². The first kappa shape index (κ1) is 18.4. The van der Waals surface area contributed by atoms with Crippen molar-refractivity contribution in [3.63, 3.8) is 0 Å². The quantitative estimate of drug-likeness (QED) is 0.699. The molecule has 5 nitrogen and oxygen atoms in total. The molecule has 1 aromatic carbocycles. The van der Waals surface area contributed by atoms with Gasteiger partial charge in [0.2, 0.25) is 0 Å². The summed E-state index contributed by atoms with van der Waals surface area (Å²) in [5, 5.41) is 4.89. The van der Waals surface area contributed by atoms with Crippen LogP contribution in [0.1, 0.15) is 53.8 Å². The van der Waals surface area contributed by atoms with Crippen LogP contribution in [0.2, 0.25) is 0 Å². The first-order chi connectivity index (χ1) is 13.7. The SMILES string of the molecule is O=C(c1nn(-c2cccc(Br)c2)c2c1CCCC2)N1CCC[C@H]2COCC[C@H]21. The van der Waals surface area contributed by atoms with E-state index in [-0.39, 0.29) is 5.91 Å². The Hall–Kier alpha value is -1.66. The van der Waals surface area contributed by atoms with E-state index in [0.29, 0.717) is 17.7 Å². The minimum absolute atomic E-state index is 0.128. The third kappa shape index (κ3) is 3.20. The molecule has 1 aliphatic carbocycles. The number of piperidine rings is 1. The molecule has 0 saturated carbocycles. The number of halogens is 1. The molecule has 1 amide bonds. The maximum atomic E-state index is 13.6. The summed E-state index contributed by atoms with van der Waals surface area (Å²) in [5.41, 5.74) is 4.09. The normalized spacial score (nSPS) is 24.5. The van der Waals surface area contributed by atoms with E-state index in [1.807, 2.05) is 16.8 Å². The molecule has 2 aromatic rings. The molecule has 0 bridgehead atoms. The molecular formula is C22H26BrN3O2. The van der Waals surface area contributed by atoms with E-state index in [0.717, 1.165) is 68.4 Å². The summed E-state index contributed by atoms with van der Waals surface area (Å²) in [6.45, 7) is 2.40. The highest BCUT2D eigenvalue weighted by atomic mass is 79.9. The molecule has 2 saturated heterocycles. The molecule has 2 aliphatic heterocycles. The number of benzene rings is 1. The molecule has 0 radical (unpaired) electrons. The van der Waals surface area contributed by atoms with E-state index in [1.54, 1.807) is 0 Å². The number of nitrogens with zero attached hydrogens (tertiary/aromatic N) is 3. The number of amides is 1. The average Bonchev–Trinajstić information content (AvgIpc) is 3.13. The summed E-state index contributed by atoms with van der Waals surface area (Å²) in [7, 11) is 0. The summed E-state index contributed by atoms with van der Waals surface area (Å²) in [6, 6.07) is 8.49. The lowest BCUT2D eigenvalue weighted by Crippen LogP contribution is -2.52. The number of hydrogen-bond donors (Lipinski definition) is 0. The summed E-state index contributed by atoms with van der Waals surface area (Å²) >= 11 is 3.56. The summed E-state index contributed by atoms with van der Waals surface area (Å²) in [4.78, 5) is 15.7. The van der Waals surface area contributed by atoms with Gasteiger partial charge in [0.05, 0.1) is 12.3 Å². The van der Waals surface area contributed by atoms with Crippen LogP contribution >= 0.6 is 15.9 Å². The standard InChI is InChI=1S/C22H26BrN3O2/c23-16-6-3-7-17(13-16)26-20-9-2-1-8-18(20)21(24-26)22(27)25-11-4-5-15-14-28-12-10-19(15)25/h3,6-7,13,15,19H,1-2,4-5,8-12,14H2/t15-,19+/m0/s1. The van der Waals surface area contributed by atoms with Gasteiger partial charge in [-0.15, -0.1) is 0 Å². The molecule has 0 unspecified atom stereocenters. The second kappa shape index (κ2) is 7.64. The molecular weight excluding hydrogens is 418 g/mol. The minimum atomic E-state index is 0.128. The molecule has 0 N–H and O–H groups in total. The number of hydrogen-bond acceptors (Lipinski definition) is 3. The predicted octanol–water partition coefficient (Wildman–Crippen LogP) is 4.15. The van der Waals surface area contributed by atoms with Crippen molar-refractivity contribution in [1.82, 2.24) is 14.7 Å². The van der Waals surface area contributed by atoms with Crippen molar-refractivity contribution in [1.29, 1.82) is 0 Å². The second-order valence-electron chi connectivity index (χ2n) is 8.20. The highest BCUT2D eigenvalue weighted by molar-refractivity contribution is 9.10. The monoisotopic (exact) mass is 443 g/mol.